The summed E-state index contributed by atoms with van der Waals surface area (Å²) in [6.45, 7) is 9.85. The van der Waals surface area contributed by atoms with E-state index in [1.165, 1.54) is 16.7 Å². The molecule has 0 aliphatic carbocycles. The van der Waals surface area contributed by atoms with Crippen LogP contribution in [0.15, 0.2) is 18.2 Å². The molecule has 0 aliphatic rings. The predicted molar refractivity (Wildman–Crippen MR) is 76.9 cm³/mol. The van der Waals surface area contributed by atoms with Gasteiger partial charge in [0.1, 0.15) is 0 Å². The summed E-state index contributed by atoms with van der Waals surface area (Å²) in [5, 5.41) is 4.49. The summed E-state index contributed by atoms with van der Waals surface area (Å²) in [7, 11) is 0. The molecular formula is C14H20N2S. The van der Waals surface area contributed by atoms with E-state index in [2.05, 4.69) is 56.2 Å². The Balaban J connectivity index is 2.15. The van der Waals surface area contributed by atoms with Gasteiger partial charge in [0.25, 0.3) is 0 Å². The number of nitrogens with one attached hydrogen (secondary N) is 1. The molecule has 0 fully saturated rings. The molecule has 0 radical (unpaired) electrons. The molecule has 0 saturated heterocycles. The lowest BCUT2D eigenvalue weighted by atomic mass is 9.90. The normalized spacial score (nSPS) is 12.0. The highest BCUT2D eigenvalue weighted by molar-refractivity contribution is 7.22. The lowest BCUT2D eigenvalue weighted by Crippen LogP contribution is -2.21. The Bertz CT molecular complexity index is 514. The molecule has 3 heteroatoms. The van der Waals surface area contributed by atoms with Crippen molar-refractivity contribution in [3.63, 3.8) is 0 Å². The van der Waals surface area contributed by atoms with Crippen LogP contribution in [0.3, 0.4) is 0 Å². The molecule has 2 rings (SSSR count). The van der Waals surface area contributed by atoms with Crippen LogP contribution in [0.1, 0.15) is 32.8 Å². The van der Waals surface area contributed by atoms with Crippen molar-refractivity contribution in [2.75, 3.05) is 11.9 Å². The van der Waals surface area contributed by atoms with Crippen molar-refractivity contribution < 1.29 is 0 Å². The maximum absolute atomic E-state index is 4.62. The third-order valence-electron chi connectivity index (χ3n) is 3.22. The second kappa shape index (κ2) is 4.65. The number of anilines is 1. The fraction of sp³-hybridized carbons (Fsp3) is 0.500. The van der Waals surface area contributed by atoms with Gasteiger partial charge in [-0.25, -0.2) is 4.98 Å². The third kappa shape index (κ3) is 2.97. The maximum Gasteiger partial charge on any atom is 0.183 e. The zero-order chi connectivity index (χ0) is 12.5. The molecule has 1 N–H and O–H groups in total. The van der Waals surface area contributed by atoms with Crippen molar-refractivity contribution in [3.8, 4) is 0 Å². The first-order chi connectivity index (χ1) is 8.00. The minimum Gasteiger partial charge on any atom is -0.361 e. The maximum atomic E-state index is 4.62. The van der Waals surface area contributed by atoms with Gasteiger partial charge in [-0.2, -0.15) is 0 Å². The molecule has 1 aromatic heterocycles. The highest BCUT2D eigenvalue weighted by Crippen LogP contribution is 2.28. The van der Waals surface area contributed by atoms with Gasteiger partial charge in [0.05, 0.1) is 10.2 Å². The quantitative estimate of drug-likeness (QED) is 0.864. The molecule has 0 spiro atoms. The van der Waals surface area contributed by atoms with Crippen molar-refractivity contribution in [3.05, 3.63) is 23.8 Å². The van der Waals surface area contributed by atoms with Crippen LogP contribution in [-0.2, 0) is 0 Å². The lowest BCUT2D eigenvalue weighted by Gasteiger charge is -2.22. The van der Waals surface area contributed by atoms with Crippen LogP contribution < -0.4 is 5.32 Å². The Kier molecular flexibility index (Phi) is 3.38. The summed E-state index contributed by atoms with van der Waals surface area (Å²) in [6, 6.07) is 6.43. The molecule has 0 amide bonds. The summed E-state index contributed by atoms with van der Waals surface area (Å²) < 4.78 is 1.26. The van der Waals surface area contributed by atoms with E-state index in [0.717, 1.165) is 17.2 Å². The van der Waals surface area contributed by atoms with Crippen LogP contribution in [0.25, 0.3) is 10.2 Å². The van der Waals surface area contributed by atoms with E-state index in [1.54, 1.807) is 11.3 Å². The lowest BCUT2D eigenvalue weighted by molar-refractivity contribution is 0.377. The van der Waals surface area contributed by atoms with E-state index in [9.17, 15) is 0 Å². The molecule has 2 nitrogen and oxygen atoms in total. The second-order valence-electron chi connectivity index (χ2n) is 5.36. The number of fused-ring (bicyclic) bond motifs is 1. The topological polar surface area (TPSA) is 24.9 Å². The van der Waals surface area contributed by atoms with Crippen LogP contribution >= 0.6 is 11.3 Å². The van der Waals surface area contributed by atoms with E-state index in [-0.39, 0.29) is 0 Å². The summed E-state index contributed by atoms with van der Waals surface area (Å²) in [4.78, 5) is 4.62. The standard InChI is InChI=1S/C14H20N2S/c1-5-14(3,4)9-15-13-16-11-8-10(2)6-7-12(11)17-13/h6-8H,5,9H2,1-4H3,(H,15,16). The van der Waals surface area contributed by atoms with Gasteiger partial charge >= 0.3 is 0 Å². The van der Waals surface area contributed by atoms with E-state index in [1.807, 2.05) is 0 Å². The number of hydrogen-bond acceptors (Lipinski definition) is 3. The molecule has 1 aromatic carbocycles. The number of benzene rings is 1. The van der Waals surface area contributed by atoms with E-state index >= 15 is 0 Å². The molecule has 17 heavy (non-hydrogen) atoms. The van der Waals surface area contributed by atoms with E-state index in [0.29, 0.717) is 5.41 Å². The van der Waals surface area contributed by atoms with Crippen LogP contribution in [0.4, 0.5) is 5.13 Å². The van der Waals surface area contributed by atoms with Gasteiger partial charge in [0.2, 0.25) is 0 Å². The van der Waals surface area contributed by atoms with E-state index < -0.39 is 0 Å². The average Bonchev–Trinajstić information content (AvgIpc) is 2.68. The summed E-state index contributed by atoms with van der Waals surface area (Å²) in [5.41, 5.74) is 2.70. The minimum absolute atomic E-state index is 0.327. The van der Waals surface area contributed by atoms with Crippen LogP contribution in [0, 0.1) is 12.3 Å². The van der Waals surface area contributed by atoms with E-state index in [4.69, 9.17) is 0 Å². The first-order valence-corrected chi connectivity index (χ1v) is 6.93. The number of aromatic nitrogens is 1. The number of rotatable bonds is 4. The average molecular weight is 248 g/mol. The number of hydrogen-bond donors (Lipinski definition) is 1. The monoisotopic (exact) mass is 248 g/mol. The van der Waals surface area contributed by atoms with Crippen molar-refractivity contribution in [1.82, 2.24) is 4.98 Å². The number of aryl methyl sites for hydroxylation is 1. The van der Waals surface area contributed by atoms with Crippen LogP contribution in [-0.4, -0.2) is 11.5 Å². The van der Waals surface area contributed by atoms with Crippen LogP contribution in [0.5, 0.6) is 0 Å². The van der Waals surface area contributed by atoms with Crippen molar-refractivity contribution in [1.29, 1.82) is 0 Å². The molecular weight excluding hydrogens is 228 g/mol. The fourth-order valence-electron chi connectivity index (χ4n) is 1.55. The van der Waals surface area contributed by atoms with Gasteiger partial charge in [-0.15, -0.1) is 0 Å². The Morgan fingerprint density at radius 2 is 2.12 bits per heavy atom. The first kappa shape index (κ1) is 12.4. The predicted octanol–water partition coefficient (Wildman–Crippen LogP) is 4.45. The SMILES string of the molecule is CCC(C)(C)CNc1nc2cc(C)ccc2s1. The van der Waals surface area contributed by atoms with Gasteiger partial charge in [-0.1, -0.05) is 38.2 Å². The molecule has 0 unspecified atom stereocenters. The summed E-state index contributed by atoms with van der Waals surface area (Å²) in [6.07, 6.45) is 1.17. The summed E-state index contributed by atoms with van der Waals surface area (Å²) >= 11 is 1.73. The van der Waals surface area contributed by atoms with Gasteiger partial charge in [-0.3, -0.25) is 0 Å². The molecule has 1 heterocycles. The van der Waals surface area contributed by atoms with Crippen molar-refractivity contribution in [2.24, 2.45) is 5.41 Å². The fourth-order valence-corrected chi connectivity index (χ4v) is 2.39. The molecule has 0 saturated carbocycles. The summed E-state index contributed by atoms with van der Waals surface area (Å²) in [5.74, 6) is 0. The first-order valence-electron chi connectivity index (χ1n) is 6.11. The van der Waals surface area contributed by atoms with Crippen LogP contribution in [0.2, 0.25) is 0 Å². The largest absolute Gasteiger partial charge is 0.361 e. The minimum atomic E-state index is 0.327. The second-order valence-corrected chi connectivity index (χ2v) is 6.39. The zero-order valence-corrected chi connectivity index (χ0v) is 11.8. The Morgan fingerprint density at radius 1 is 1.35 bits per heavy atom. The third-order valence-corrected chi connectivity index (χ3v) is 4.21. The van der Waals surface area contributed by atoms with Gasteiger partial charge < -0.3 is 5.32 Å². The van der Waals surface area contributed by atoms with Crippen molar-refractivity contribution >= 4 is 26.7 Å². The van der Waals surface area contributed by atoms with Crippen molar-refractivity contribution in [2.45, 2.75) is 34.1 Å². The number of thiazole rings is 1. The van der Waals surface area contributed by atoms with Gasteiger partial charge in [0, 0.05) is 6.54 Å². The Morgan fingerprint density at radius 3 is 2.82 bits per heavy atom. The molecule has 0 atom stereocenters. The smallest absolute Gasteiger partial charge is 0.183 e. The highest BCUT2D eigenvalue weighted by Gasteiger charge is 2.15. The molecule has 92 valence electrons. The van der Waals surface area contributed by atoms with Gasteiger partial charge in [-0.05, 0) is 36.5 Å². The Labute approximate surface area is 107 Å². The molecule has 0 bridgehead atoms. The highest BCUT2D eigenvalue weighted by atomic mass is 32.1. The zero-order valence-electron chi connectivity index (χ0n) is 11.0. The Hall–Kier alpha value is -1.09. The molecule has 0 aliphatic heterocycles. The number of nitrogens with zero attached hydrogens (tertiary/aromatic N) is 1. The van der Waals surface area contributed by atoms with Gasteiger partial charge in [0.15, 0.2) is 5.13 Å². The molecule has 2 aromatic rings.